The minimum atomic E-state index is 0.734. The van der Waals surface area contributed by atoms with Crippen LogP contribution in [0.15, 0.2) is 36.4 Å². The van der Waals surface area contributed by atoms with E-state index >= 15 is 0 Å². The molecule has 2 aromatic rings. The minimum Gasteiger partial charge on any atom is -0.492 e. The number of rotatable bonds is 12. The van der Waals surface area contributed by atoms with Crippen molar-refractivity contribution < 1.29 is 9.47 Å². The van der Waals surface area contributed by atoms with Crippen LogP contribution in [0.1, 0.15) is 38.8 Å². The van der Waals surface area contributed by atoms with Gasteiger partial charge < -0.3 is 19.3 Å². The van der Waals surface area contributed by atoms with Gasteiger partial charge in [0.15, 0.2) is 0 Å². The van der Waals surface area contributed by atoms with Crippen LogP contribution in [0.4, 0.5) is 0 Å². The third-order valence-corrected chi connectivity index (χ3v) is 5.97. The van der Waals surface area contributed by atoms with Crippen LogP contribution < -0.4 is 9.47 Å². The zero-order valence-electron chi connectivity index (χ0n) is 18.5. The van der Waals surface area contributed by atoms with Gasteiger partial charge in [0.05, 0.1) is 0 Å². The number of hydrogen-bond donors (Lipinski definition) is 0. The van der Waals surface area contributed by atoms with Gasteiger partial charge in [-0.2, -0.15) is 0 Å². The van der Waals surface area contributed by atoms with Crippen molar-refractivity contribution in [2.75, 3.05) is 52.5 Å². The SMILES string of the molecule is CCN(CC)CCOc1ccc2c(c1)Cc1cc(OCCN(CC)CC)ccc1-2. The van der Waals surface area contributed by atoms with E-state index in [2.05, 4.69) is 73.9 Å². The maximum absolute atomic E-state index is 6.01. The maximum atomic E-state index is 6.01. The molecule has 0 amide bonds. The first-order valence-corrected chi connectivity index (χ1v) is 11.1. The van der Waals surface area contributed by atoms with Gasteiger partial charge >= 0.3 is 0 Å². The topological polar surface area (TPSA) is 24.9 Å². The average molecular weight is 397 g/mol. The normalized spacial score (nSPS) is 12.3. The lowest BCUT2D eigenvalue weighted by Crippen LogP contribution is -2.27. The molecule has 1 aliphatic rings. The largest absolute Gasteiger partial charge is 0.492 e. The highest BCUT2D eigenvalue weighted by molar-refractivity contribution is 5.78. The van der Waals surface area contributed by atoms with E-state index in [0.29, 0.717) is 0 Å². The van der Waals surface area contributed by atoms with Crippen LogP contribution in [0.3, 0.4) is 0 Å². The Morgan fingerprint density at radius 2 is 1.07 bits per heavy atom. The van der Waals surface area contributed by atoms with Crippen molar-refractivity contribution in [1.29, 1.82) is 0 Å². The Morgan fingerprint density at radius 1 is 0.655 bits per heavy atom. The summed E-state index contributed by atoms with van der Waals surface area (Å²) in [5, 5.41) is 0. The van der Waals surface area contributed by atoms with E-state index in [1.54, 1.807) is 0 Å². The first-order valence-electron chi connectivity index (χ1n) is 11.1. The van der Waals surface area contributed by atoms with Crippen molar-refractivity contribution in [3.63, 3.8) is 0 Å². The van der Waals surface area contributed by atoms with Gasteiger partial charge in [-0.3, -0.25) is 0 Å². The highest BCUT2D eigenvalue weighted by Crippen LogP contribution is 2.39. The maximum Gasteiger partial charge on any atom is 0.119 e. The van der Waals surface area contributed by atoms with Gasteiger partial charge in [-0.15, -0.1) is 0 Å². The van der Waals surface area contributed by atoms with Crippen LogP contribution >= 0.6 is 0 Å². The van der Waals surface area contributed by atoms with Crippen molar-refractivity contribution in [3.05, 3.63) is 47.5 Å². The Bertz CT molecular complexity index is 717. The summed E-state index contributed by atoms with van der Waals surface area (Å²) in [5.74, 6) is 1.94. The molecule has 29 heavy (non-hydrogen) atoms. The van der Waals surface area contributed by atoms with Crippen molar-refractivity contribution in [3.8, 4) is 22.6 Å². The van der Waals surface area contributed by atoms with Gasteiger partial charge in [0.25, 0.3) is 0 Å². The number of hydrogen-bond acceptors (Lipinski definition) is 4. The van der Waals surface area contributed by atoms with Gasteiger partial charge in [-0.25, -0.2) is 0 Å². The highest BCUT2D eigenvalue weighted by atomic mass is 16.5. The molecule has 1 aliphatic carbocycles. The fourth-order valence-electron chi connectivity index (χ4n) is 4.01. The number of nitrogens with zero attached hydrogens (tertiary/aromatic N) is 2. The van der Waals surface area contributed by atoms with Crippen LogP contribution in [0.25, 0.3) is 11.1 Å². The number of fused-ring (bicyclic) bond motifs is 3. The molecular formula is C25H36N2O2. The third-order valence-electron chi connectivity index (χ3n) is 5.97. The molecule has 0 heterocycles. The summed E-state index contributed by atoms with van der Waals surface area (Å²) in [6, 6.07) is 13.0. The van der Waals surface area contributed by atoms with Crippen molar-refractivity contribution in [1.82, 2.24) is 9.80 Å². The Balaban J connectivity index is 1.58. The molecule has 0 saturated heterocycles. The second kappa shape index (κ2) is 10.7. The third kappa shape index (κ3) is 5.52. The van der Waals surface area contributed by atoms with E-state index in [0.717, 1.165) is 70.4 Å². The summed E-state index contributed by atoms with van der Waals surface area (Å²) in [6.07, 6.45) is 0.950. The standard InChI is InChI=1S/C25H36N2O2/c1-5-26(6-2)13-15-28-22-9-11-24-20(18-22)17-21-19-23(10-12-25(21)24)29-16-14-27(7-3)8-4/h9-12,18-19H,5-8,13-17H2,1-4H3. The van der Waals surface area contributed by atoms with Crippen molar-refractivity contribution >= 4 is 0 Å². The van der Waals surface area contributed by atoms with Gasteiger partial charge in [-0.05, 0) is 79.1 Å². The first-order chi connectivity index (χ1) is 14.2. The fourth-order valence-corrected chi connectivity index (χ4v) is 4.01. The zero-order valence-corrected chi connectivity index (χ0v) is 18.5. The summed E-state index contributed by atoms with van der Waals surface area (Å²) in [7, 11) is 0. The van der Waals surface area contributed by atoms with Crippen LogP contribution in [0.5, 0.6) is 11.5 Å². The average Bonchev–Trinajstić information content (AvgIpc) is 3.11. The smallest absolute Gasteiger partial charge is 0.119 e. The second-order valence-electron chi connectivity index (χ2n) is 7.57. The van der Waals surface area contributed by atoms with Gasteiger partial charge in [-0.1, -0.05) is 39.8 Å². The zero-order chi connectivity index (χ0) is 20.6. The molecule has 0 aliphatic heterocycles. The molecule has 158 valence electrons. The molecule has 0 spiro atoms. The minimum absolute atomic E-state index is 0.734. The molecule has 0 fully saturated rings. The molecular weight excluding hydrogens is 360 g/mol. The molecule has 0 N–H and O–H groups in total. The number of likely N-dealkylation sites (N-methyl/N-ethyl adjacent to an activating group) is 2. The molecule has 4 heteroatoms. The molecule has 3 rings (SSSR count). The Hall–Kier alpha value is -2.04. The van der Waals surface area contributed by atoms with E-state index < -0.39 is 0 Å². The van der Waals surface area contributed by atoms with Gasteiger partial charge in [0.1, 0.15) is 24.7 Å². The molecule has 0 unspecified atom stereocenters. The predicted molar refractivity (Wildman–Crippen MR) is 121 cm³/mol. The predicted octanol–water partition coefficient (Wildman–Crippen LogP) is 4.70. The lowest BCUT2D eigenvalue weighted by atomic mass is 10.1. The van der Waals surface area contributed by atoms with Gasteiger partial charge in [0.2, 0.25) is 0 Å². The quantitative estimate of drug-likeness (QED) is 0.443. The summed E-state index contributed by atoms with van der Waals surface area (Å²) in [4.78, 5) is 4.76. The van der Waals surface area contributed by atoms with Crippen molar-refractivity contribution in [2.45, 2.75) is 34.1 Å². The Labute approximate surface area is 176 Å². The molecule has 0 saturated carbocycles. The van der Waals surface area contributed by atoms with E-state index in [-0.39, 0.29) is 0 Å². The van der Waals surface area contributed by atoms with Crippen molar-refractivity contribution in [2.24, 2.45) is 0 Å². The lowest BCUT2D eigenvalue weighted by molar-refractivity contribution is 0.222. The van der Waals surface area contributed by atoms with E-state index in [1.807, 2.05) is 0 Å². The van der Waals surface area contributed by atoms with E-state index in [1.165, 1.54) is 22.3 Å². The summed E-state index contributed by atoms with van der Waals surface area (Å²) >= 11 is 0. The fraction of sp³-hybridized carbons (Fsp3) is 0.520. The first kappa shape index (κ1) is 21.7. The highest BCUT2D eigenvalue weighted by Gasteiger charge is 2.19. The molecule has 4 nitrogen and oxygen atoms in total. The van der Waals surface area contributed by atoms with Crippen LogP contribution in [0.2, 0.25) is 0 Å². The molecule has 0 radical (unpaired) electrons. The lowest BCUT2D eigenvalue weighted by Gasteiger charge is -2.18. The molecule has 2 aromatic carbocycles. The van der Waals surface area contributed by atoms with Gasteiger partial charge in [0, 0.05) is 13.1 Å². The van der Waals surface area contributed by atoms with Crippen LogP contribution in [0, 0.1) is 0 Å². The molecule has 0 bridgehead atoms. The van der Waals surface area contributed by atoms with Crippen LogP contribution in [-0.2, 0) is 6.42 Å². The van der Waals surface area contributed by atoms with Crippen LogP contribution in [-0.4, -0.2) is 62.3 Å². The monoisotopic (exact) mass is 396 g/mol. The summed E-state index contributed by atoms with van der Waals surface area (Å²) < 4.78 is 12.0. The van der Waals surface area contributed by atoms with E-state index in [9.17, 15) is 0 Å². The number of benzene rings is 2. The van der Waals surface area contributed by atoms with E-state index in [4.69, 9.17) is 9.47 Å². The summed E-state index contributed by atoms with van der Waals surface area (Å²) in [5.41, 5.74) is 5.35. The Kier molecular flexibility index (Phi) is 7.96. The second-order valence-corrected chi connectivity index (χ2v) is 7.57. The summed E-state index contributed by atoms with van der Waals surface area (Å²) in [6.45, 7) is 16.5. The molecule has 0 atom stereocenters. The number of ether oxygens (including phenoxy) is 2. The Morgan fingerprint density at radius 3 is 1.45 bits per heavy atom. The molecule has 0 aromatic heterocycles.